The highest BCUT2D eigenvalue weighted by atomic mass is 79.9. The van der Waals surface area contributed by atoms with Crippen LogP contribution in [0.2, 0.25) is 0 Å². The fraction of sp³-hybridized carbons (Fsp3) is 0. The summed E-state index contributed by atoms with van der Waals surface area (Å²) in [4.78, 5) is 4.04. The molecular weight excluding hydrogens is 328 g/mol. The summed E-state index contributed by atoms with van der Waals surface area (Å²) in [6.07, 6.45) is 0. The van der Waals surface area contributed by atoms with Crippen LogP contribution in [0.3, 0.4) is 0 Å². The lowest BCUT2D eigenvalue weighted by molar-refractivity contribution is 1.22. The van der Waals surface area contributed by atoms with E-state index in [2.05, 4.69) is 52.8 Å². The SMILES string of the molecule is Brc1cc(Br)nc(Br)c1.[N]. The van der Waals surface area contributed by atoms with Crippen molar-refractivity contribution in [3.05, 3.63) is 25.8 Å². The molecular formula is C5H2Br3N2. The summed E-state index contributed by atoms with van der Waals surface area (Å²) < 4.78 is 2.66. The van der Waals surface area contributed by atoms with Gasteiger partial charge in [-0.05, 0) is 44.0 Å². The van der Waals surface area contributed by atoms with Gasteiger partial charge in [0.15, 0.2) is 0 Å². The molecule has 0 saturated heterocycles. The van der Waals surface area contributed by atoms with Crippen molar-refractivity contribution in [2.24, 2.45) is 0 Å². The van der Waals surface area contributed by atoms with Crippen LogP contribution in [0.5, 0.6) is 0 Å². The maximum absolute atomic E-state index is 4.04. The Morgan fingerprint density at radius 1 is 1.00 bits per heavy atom. The lowest BCUT2D eigenvalue weighted by atomic mass is 10.5. The summed E-state index contributed by atoms with van der Waals surface area (Å²) in [5.41, 5.74) is 0. The molecule has 0 saturated carbocycles. The molecule has 5 heteroatoms. The lowest BCUT2D eigenvalue weighted by Crippen LogP contribution is -1.75. The van der Waals surface area contributed by atoms with E-state index in [9.17, 15) is 0 Å². The van der Waals surface area contributed by atoms with E-state index in [4.69, 9.17) is 0 Å². The van der Waals surface area contributed by atoms with Gasteiger partial charge in [0.25, 0.3) is 0 Å². The quantitative estimate of drug-likeness (QED) is 0.675. The molecule has 2 nitrogen and oxygen atoms in total. The van der Waals surface area contributed by atoms with E-state index in [0.29, 0.717) is 0 Å². The molecule has 0 aliphatic carbocycles. The topological polar surface area (TPSA) is 43.4 Å². The summed E-state index contributed by atoms with van der Waals surface area (Å²) >= 11 is 9.80. The molecule has 0 aliphatic heterocycles. The number of nitrogens with zero attached hydrogens (tertiary/aromatic N) is 2. The lowest BCUT2D eigenvalue weighted by Gasteiger charge is -1.91. The molecule has 0 aromatic carbocycles. The van der Waals surface area contributed by atoms with E-state index in [1.807, 2.05) is 12.1 Å². The number of hydrogen-bond acceptors (Lipinski definition) is 1. The van der Waals surface area contributed by atoms with E-state index in [1.54, 1.807) is 0 Å². The van der Waals surface area contributed by atoms with Crippen LogP contribution in [0.15, 0.2) is 25.8 Å². The van der Waals surface area contributed by atoms with Crippen molar-refractivity contribution in [1.29, 1.82) is 0 Å². The first-order valence-corrected chi connectivity index (χ1v) is 4.55. The molecule has 0 spiro atoms. The molecule has 1 aromatic rings. The predicted molar refractivity (Wildman–Crippen MR) is 49.5 cm³/mol. The van der Waals surface area contributed by atoms with Gasteiger partial charge in [-0.3, -0.25) is 0 Å². The van der Waals surface area contributed by atoms with Crippen LogP contribution in [0, 0.1) is 0 Å². The standard InChI is InChI=1S/C5H2Br3N.N/c6-3-1-4(7)9-5(8)2-3;/h1-2H;. The van der Waals surface area contributed by atoms with E-state index in [0.717, 1.165) is 13.7 Å². The van der Waals surface area contributed by atoms with E-state index < -0.39 is 0 Å². The van der Waals surface area contributed by atoms with Gasteiger partial charge in [-0.2, -0.15) is 0 Å². The van der Waals surface area contributed by atoms with Crippen molar-refractivity contribution in [3.8, 4) is 0 Å². The minimum atomic E-state index is 0. The monoisotopic (exact) mass is 327 g/mol. The summed E-state index contributed by atoms with van der Waals surface area (Å²) in [5.74, 6) is 0. The Balaban J connectivity index is 0.000000810. The van der Waals surface area contributed by atoms with Crippen LogP contribution in [-0.2, 0) is 0 Å². The second kappa shape index (κ2) is 4.43. The molecule has 1 heterocycles. The Morgan fingerprint density at radius 3 is 1.70 bits per heavy atom. The Morgan fingerprint density at radius 2 is 1.40 bits per heavy atom. The Bertz CT molecular complexity index is 176. The number of hydrogen-bond donors (Lipinski definition) is 0. The largest absolute Gasteiger partial charge is 0.234 e. The first-order chi connectivity index (χ1) is 4.18. The van der Waals surface area contributed by atoms with Gasteiger partial charge in [0.2, 0.25) is 0 Å². The maximum Gasteiger partial charge on any atom is 0.108 e. The third-order valence-corrected chi connectivity index (χ3v) is 2.00. The average Bonchev–Trinajstić information content (AvgIpc) is 1.59. The van der Waals surface area contributed by atoms with Gasteiger partial charge in [0.1, 0.15) is 9.21 Å². The van der Waals surface area contributed by atoms with Crippen molar-refractivity contribution in [2.45, 2.75) is 0 Å². The normalized spacial score (nSPS) is 8.70. The first kappa shape index (κ1) is 10.6. The van der Waals surface area contributed by atoms with Gasteiger partial charge in [-0.25, -0.2) is 4.98 Å². The molecule has 0 unspecified atom stereocenters. The van der Waals surface area contributed by atoms with Crippen molar-refractivity contribution in [2.75, 3.05) is 0 Å². The summed E-state index contributed by atoms with van der Waals surface area (Å²) in [6.45, 7) is 0. The minimum absolute atomic E-state index is 0. The van der Waals surface area contributed by atoms with Gasteiger partial charge in [0.05, 0.1) is 0 Å². The molecule has 53 valence electrons. The number of halogens is 3. The predicted octanol–water partition coefficient (Wildman–Crippen LogP) is 2.89. The molecule has 1 rings (SSSR count). The highest BCUT2D eigenvalue weighted by Gasteiger charge is 1.93. The van der Waals surface area contributed by atoms with Crippen molar-refractivity contribution < 1.29 is 0 Å². The van der Waals surface area contributed by atoms with Crippen LogP contribution in [0.25, 0.3) is 0 Å². The summed E-state index contributed by atoms with van der Waals surface area (Å²) in [7, 11) is 0. The number of aromatic nitrogens is 1. The average molecular weight is 330 g/mol. The van der Waals surface area contributed by atoms with E-state index >= 15 is 0 Å². The second-order valence-corrected chi connectivity index (χ2v) is 3.97. The molecule has 0 atom stereocenters. The highest BCUT2D eigenvalue weighted by Crippen LogP contribution is 2.19. The third-order valence-electron chi connectivity index (χ3n) is 0.728. The number of rotatable bonds is 0. The zero-order chi connectivity index (χ0) is 6.85. The van der Waals surface area contributed by atoms with Crippen molar-refractivity contribution in [1.82, 2.24) is 11.1 Å². The van der Waals surface area contributed by atoms with Gasteiger partial charge < -0.3 is 0 Å². The van der Waals surface area contributed by atoms with Crippen LogP contribution in [0.4, 0.5) is 0 Å². The minimum Gasteiger partial charge on any atom is -0.234 e. The summed E-state index contributed by atoms with van der Waals surface area (Å²) in [6, 6.07) is 3.76. The smallest absolute Gasteiger partial charge is 0.108 e. The third kappa shape index (κ3) is 3.09. The van der Waals surface area contributed by atoms with Crippen LogP contribution in [0.1, 0.15) is 0 Å². The maximum atomic E-state index is 4.04. The number of pyridine rings is 1. The fourth-order valence-corrected chi connectivity index (χ4v) is 2.60. The van der Waals surface area contributed by atoms with Crippen LogP contribution < -0.4 is 6.15 Å². The Hall–Kier alpha value is 0.550. The molecule has 0 amide bonds. The molecule has 0 bridgehead atoms. The molecule has 3 radical (unpaired) electrons. The Labute approximate surface area is 84.4 Å². The van der Waals surface area contributed by atoms with Gasteiger partial charge >= 0.3 is 0 Å². The van der Waals surface area contributed by atoms with Gasteiger partial charge in [0, 0.05) is 10.6 Å². The van der Waals surface area contributed by atoms with E-state index in [-0.39, 0.29) is 6.15 Å². The van der Waals surface area contributed by atoms with Crippen LogP contribution >= 0.6 is 47.8 Å². The van der Waals surface area contributed by atoms with Gasteiger partial charge in [-0.15, -0.1) is 0 Å². The molecule has 0 N–H and O–H groups in total. The zero-order valence-corrected chi connectivity index (χ0v) is 9.44. The molecule has 0 fully saturated rings. The van der Waals surface area contributed by atoms with Crippen molar-refractivity contribution >= 4 is 47.8 Å². The second-order valence-electron chi connectivity index (χ2n) is 1.43. The molecule has 10 heavy (non-hydrogen) atoms. The van der Waals surface area contributed by atoms with E-state index in [1.165, 1.54) is 0 Å². The molecule has 0 aliphatic rings. The Kier molecular flexibility index (Phi) is 4.68. The zero-order valence-electron chi connectivity index (χ0n) is 4.68. The van der Waals surface area contributed by atoms with Gasteiger partial charge in [-0.1, -0.05) is 15.9 Å². The van der Waals surface area contributed by atoms with Crippen LogP contribution in [-0.4, -0.2) is 4.98 Å². The molecule has 1 aromatic heterocycles. The highest BCUT2D eigenvalue weighted by molar-refractivity contribution is 9.11. The van der Waals surface area contributed by atoms with Crippen molar-refractivity contribution in [3.63, 3.8) is 0 Å². The summed E-state index contributed by atoms with van der Waals surface area (Å²) in [5, 5.41) is 0. The fourth-order valence-electron chi connectivity index (χ4n) is 0.436. The first-order valence-electron chi connectivity index (χ1n) is 2.17.